The predicted molar refractivity (Wildman–Crippen MR) is 103 cm³/mol. The van der Waals surface area contributed by atoms with Crippen LogP contribution in [0.15, 0.2) is 62.3 Å². The van der Waals surface area contributed by atoms with Crippen LogP contribution in [0.25, 0.3) is 11.4 Å². The number of nitrogens with zero attached hydrogens (tertiary/aromatic N) is 1. The molecule has 1 heterocycles. The lowest BCUT2D eigenvalue weighted by molar-refractivity contribution is -0.113. The summed E-state index contributed by atoms with van der Waals surface area (Å²) in [5, 5.41) is 6.10. The Kier molecular flexibility index (Phi) is 5.57. The highest BCUT2D eigenvalue weighted by atomic mass is 79.9. The molecule has 0 aliphatic carbocycles. The van der Waals surface area contributed by atoms with Crippen LogP contribution in [0.2, 0.25) is 0 Å². The monoisotopic (exact) mass is 451 g/mol. The van der Waals surface area contributed by atoms with Crippen LogP contribution in [0.4, 0.5) is 5.69 Å². The molecule has 0 saturated heterocycles. The van der Waals surface area contributed by atoms with E-state index >= 15 is 0 Å². The summed E-state index contributed by atoms with van der Waals surface area (Å²) in [7, 11) is -3.64. The summed E-state index contributed by atoms with van der Waals surface area (Å²) in [4.78, 5) is 25.6. The van der Waals surface area contributed by atoms with Gasteiger partial charge in [-0.3, -0.25) is 14.3 Å². The van der Waals surface area contributed by atoms with Crippen molar-refractivity contribution in [1.82, 2.24) is 10.1 Å². The van der Waals surface area contributed by atoms with E-state index in [1.54, 1.807) is 48.5 Å². The van der Waals surface area contributed by atoms with E-state index in [9.17, 15) is 18.0 Å². The quantitative estimate of drug-likeness (QED) is 0.592. The van der Waals surface area contributed by atoms with Crippen molar-refractivity contribution in [2.75, 3.05) is 11.1 Å². The lowest BCUT2D eigenvalue weighted by Crippen LogP contribution is -2.24. The molecule has 0 radical (unpaired) electrons. The molecule has 0 fully saturated rings. The Hall–Kier alpha value is -2.72. The Morgan fingerprint density at radius 3 is 2.67 bits per heavy atom. The molecule has 2 N–H and O–H groups in total. The minimum absolute atomic E-state index is 0.207. The van der Waals surface area contributed by atoms with Crippen LogP contribution in [0.3, 0.4) is 0 Å². The number of anilines is 1. The third kappa shape index (κ3) is 5.38. The number of benzene rings is 2. The van der Waals surface area contributed by atoms with Crippen LogP contribution in [0.1, 0.15) is 5.56 Å². The van der Waals surface area contributed by atoms with Crippen LogP contribution in [0, 0.1) is 0 Å². The number of H-pyrrole nitrogens is 1. The Labute approximate surface area is 162 Å². The Morgan fingerprint density at radius 2 is 1.96 bits per heavy atom. The summed E-state index contributed by atoms with van der Waals surface area (Å²) >= 11 is 3.28. The maximum absolute atomic E-state index is 12.3. The molecule has 1 aromatic heterocycles. The van der Waals surface area contributed by atoms with Gasteiger partial charge in [-0.05, 0) is 29.8 Å². The molecule has 27 heavy (non-hydrogen) atoms. The van der Waals surface area contributed by atoms with E-state index in [4.69, 9.17) is 0 Å². The van der Waals surface area contributed by atoms with Gasteiger partial charge in [0.05, 0.1) is 5.75 Å². The lowest BCUT2D eigenvalue weighted by Gasteiger charge is -2.08. The average Bonchev–Trinajstić information content (AvgIpc) is 3.00. The minimum Gasteiger partial charge on any atom is -0.325 e. The number of aromatic amines is 1. The highest BCUT2D eigenvalue weighted by molar-refractivity contribution is 9.10. The topological polar surface area (TPSA) is 122 Å². The molecule has 0 unspecified atom stereocenters. The molecular formula is C17H14BrN3O5S. The van der Waals surface area contributed by atoms with Gasteiger partial charge in [0.25, 0.3) is 0 Å². The van der Waals surface area contributed by atoms with Gasteiger partial charge in [-0.2, -0.15) is 0 Å². The van der Waals surface area contributed by atoms with E-state index in [-0.39, 0.29) is 11.6 Å². The SMILES string of the molecule is O=C(CS(=O)(=O)Cc1cccc(Br)c1)Nc1cccc(-c2noc(=O)[nH]2)c1. The second-order valence-corrected chi connectivity index (χ2v) is 8.71. The minimum atomic E-state index is -3.64. The van der Waals surface area contributed by atoms with Crippen LogP contribution >= 0.6 is 15.9 Å². The highest BCUT2D eigenvalue weighted by Crippen LogP contribution is 2.19. The van der Waals surface area contributed by atoms with E-state index in [1.165, 1.54) is 0 Å². The van der Waals surface area contributed by atoms with Crippen molar-refractivity contribution in [3.63, 3.8) is 0 Å². The zero-order valence-electron chi connectivity index (χ0n) is 13.8. The molecular weight excluding hydrogens is 438 g/mol. The van der Waals surface area contributed by atoms with Crippen molar-refractivity contribution in [2.45, 2.75) is 5.75 Å². The van der Waals surface area contributed by atoms with Crippen molar-refractivity contribution in [1.29, 1.82) is 0 Å². The van der Waals surface area contributed by atoms with Crippen molar-refractivity contribution in [3.8, 4) is 11.4 Å². The summed E-state index contributed by atoms with van der Waals surface area (Å²) in [6.07, 6.45) is 0. The van der Waals surface area contributed by atoms with Gasteiger partial charge in [-0.1, -0.05) is 45.4 Å². The zero-order chi connectivity index (χ0) is 19.4. The van der Waals surface area contributed by atoms with Crippen molar-refractivity contribution in [2.24, 2.45) is 0 Å². The summed E-state index contributed by atoms with van der Waals surface area (Å²) in [5.41, 5.74) is 1.48. The maximum Gasteiger partial charge on any atom is 0.439 e. The fraction of sp³-hybridized carbons (Fsp3) is 0.118. The van der Waals surface area contributed by atoms with Crippen LogP contribution in [-0.4, -0.2) is 30.2 Å². The lowest BCUT2D eigenvalue weighted by atomic mass is 10.2. The number of carbonyl (C=O) groups excluding carboxylic acids is 1. The maximum atomic E-state index is 12.3. The number of amides is 1. The molecule has 0 aliphatic rings. The first-order valence-corrected chi connectivity index (χ1v) is 10.3. The number of aromatic nitrogens is 2. The third-order valence-electron chi connectivity index (χ3n) is 3.49. The van der Waals surface area contributed by atoms with E-state index in [2.05, 4.69) is 35.9 Å². The van der Waals surface area contributed by atoms with Gasteiger partial charge in [-0.25, -0.2) is 13.2 Å². The number of hydrogen-bond acceptors (Lipinski definition) is 6. The first-order chi connectivity index (χ1) is 12.8. The van der Waals surface area contributed by atoms with Crippen LogP contribution in [0.5, 0.6) is 0 Å². The average molecular weight is 452 g/mol. The Balaban J connectivity index is 1.67. The van der Waals surface area contributed by atoms with Crippen molar-refractivity contribution >= 4 is 37.4 Å². The number of carbonyl (C=O) groups is 1. The smallest absolute Gasteiger partial charge is 0.325 e. The number of rotatable bonds is 6. The largest absolute Gasteiger partial charge is 0.439 e. The number of nitrogens with one attached hydrogen (secondary N) is 2. The van der Waals surface area contributed by atoms with E-state index in [1.807, 2.05) is 0 Å². The number of hydrogen-bond donors (Lipinski definition) is 2. The molecule has 8 nitrogen and oxygen atoms in total. The zero-order valence-corrected chi connectivity index (χ0v) is 16.2. The third-order valence-corrected chi connectivity index (χ3v) is 5.46. The van der Waals surface area contributed by atoms with E-state index < -0.39 is 27.3 Å². The molecule has 0 saturated carbocycles. The van der Waals surface area contributed by atoms with Gasteiger partial charge in [0.1, 0.15) is 5.75 Å². The molecule has 0 aliphatic heterocycles. The number of halogens is 1. The summed E-state index contributed by atoms with van der Waals surface area (Å²) in [6.45, 7) is 0. The Morgan fingerprint density at radius 1 is 1.19 bits per heavy atom. The van der Waals surface area contributed by atoms with Gasteiger partial charge < -0.3 is 5.32 Å². The normalized spacial score (nSPS) is 11.3. The van der Waals surface area contributed by atoms with Gasteiger partial charge >= 0.3 is 5.76 Å². The first kappa shape index (κ1) is 19.1. The van der Waals surface area contributed by atoms with Gasteiger partial charge in [0.15, 0.2) is 15.7 Å². The molecule has 10 heteroatoms. The fourth-order valence-corrected chi connectivity index (χ4v) is 4.13. The number of sulfone groups is 1. The summed E-state index contributed by atoms with van der Waals surface area (Å²) < 4.78 is 29.7. The van der Waals surface area contributed by atoms with Crippen LogP contribution < -0.4 is 11.1 Å². The predicted octanol–water partition coefficient (Wildman–Crippen LogP) is 2.35. The van der Waals surface area contributed by atoms with Crippen molar-refractivity contribution < 1.29 is 17.7 Å². The van der Waals surface area contributed by atoms with Crippen molar-refractivity contribution in [3.05, 3.63) is 69.1 Å². The van der Waals surface area contributed by atoms with Gasteiger partial charge in [0, 0.05) is 15.7 Å². The van der Waals surface area contributed by atoms with E-state index in [0.29, 0.717) is 16.8 Å². The van der Waals surface area contributed by atoms with Gasteiger partial charge in [-0.15, -0.1) is 0 Å². The van der Waals surface area contributed by atoms with Crippen LogP contribution in [-0.2, 0) is 20.4 Å². The second kappa shape index (κ2) is 7.89. The standard InChI is InChI=1S/C17H14BrN3O5S/c18-13-5-1-3-11(7-13)9-27(24,25)10-15(22)19-14-6-2-4-12(8-14)16-20-17(23)26-21-16/h1-8H,9-10H2,(H,19,22)(H,20,21,23). The summed E-state index contributed by atoms with van der Waals surface area (Å²) in [5.74, 6) is -2.03. The summed E-state index contributed by atoms with van der Waals surface area (Å²) in [6, 6.07) is 13.3. The van der Waals surface area contributed by atoms with E-state index in [0.717, 1.165) is 4.47 Å². The highest BCUT2D eigenvalue weighted by Gasteiger charge is 2.18. The molecule has 3 aromatic rings. The molecule has 0 spiro atoms. The second-order valence-electron chi connectivity index (χ2n) is 5.73. The molecule has 140 valence electrons. The first-order valence-electron chi connectivity index (χ1n) is 7.72. The molecule has 2 aromatic carbocycles. The Bertz CT molecular complexity index is 1140. The fourth-order valence-electron chi connectivity index (χ4n) is 2.43. The molecule has 3 rings (SSSR count). The molecule has 1 amide bonds. The molecule has 0 atom stereocenters. The van der Waals surface area contributed by atoms with Gasteiger partial charge in [0.2, 0.25) is 5.91 Å². The molecule has 0 bridgehead atoms.